The Bertz CT molecular complexity index is 1150. The van der Waals surface area contributed by atoms with Gasteiger partial charge in [0, 0.05) is 13.6 Å². The predicted octanol–water partition coefficient (Wildman–Crippen LogP) is 1.39. The Morgan fingerprint density at radius 1 is 0.808 bits per heavy atom. The van der Waals surface area contributed by atoms with E-state index in [1.54, 1.807) is 25.3 Å². The Morgan fingerprint density at radius 2 is 1.31 bits per heavy atom. The van der Waals surface area contributed by atoms with Gasteiger partial charge in [-0.25, -0.2) is 0 Å². The quantitative estimate of drug-likeness (QED) is 0.672. The monoisotopic (exact) mass is 344 g/mol. The lowest BCUT2D eigenvalue weighted by atomic mass is 10.2. The molecule has 0 N–H and O–H groups in total. The third-order valence-corrected chi connectivity index (χ3v) is 4.16. The van der Waals surface area contributed by atoms with Gasteiger partial charge in [0.1, 0.15) is 10.7 Å². The van der Waals surface area contributed by atoms with Gasteiger partial charge in [0.15, 0.2) is 0 Å². The summed E-state index contributed by atoms with van der Waals surface area (Å²) in [6.45, 7) is 3.99. The van der Waals surface area contributed by atoms with Crippen LogP contribution in [0.5, 0.6) is 0 Å². The minimum absolute atomic E-state index is 0.224. The number of nitrogens with zero attached hydrogens (tertiary/aromatic N) is 2. The molecule has 3 rings (SSSR count). The topological polar surface area (TPSA) is 44.0 Å². The second kappa shape index (κ2) is 7.66. The maximum absolute atomic E-state index is 13.1. The maximum Gasteiger partial charge on any atom is 0.275 e. The van der Waals surface area contributed by atoms with Gasteiger partial charge in [-0.2, -0.15) is 0 Å². The summed E-state index contributed by atoms with van der Waals surface area (Å²) in [7, 11) is 1.62. The first-order valence-corrected chi connectivity index (χ1v) is 8.36. The minimum Gasteiger partial charge on any atom is -0.305 e. The first kappa shape index (κ1) is 17.4. The van der Waals surface area contributed by atoms with E-state index in [0.717, 1.165) is 11.1 Å². The predicted molar refractivity (Wildman–Crippen MR) is 105 cm³/mol. The number of hydrogen-bond donors (Lipinski definition) is 0. The van der Waals surface area contributed by atoms with Crippen LogP contribution < -0.4 is 21.8 Å². The van der Waals surface area contributed by atoms with Gasteiger partial charge in [0.25, 0.3) is 11.1 Å². The molecule has 4 nitrogen and oxygen atoms in total. The highest BCUT2D eigenvalue weighted by Crippen LogP contribution is 1.98. The third-order valence-electron chi connectivity index (χ3n) is 4.16. The highest BCUT2D eigenvalue weighted by molar-refractivity contribution is 5.49. The van der Waals surface area contributed by atoms with Crippen LogP contribution in [0, 0.1) is 0 Å². The SMILES string of the molecule is C=CCn1c(=O)/c(=C/c2ccccc2)n(C)c(=O)/c1=C/c1ccccc1. The lowest BCUT2D eigenvalue weighted by Gasteiger charge is -2.08. The van der Waals surface area contributed by atoms with Crippen molar-refractivity contribution in [2.45, 2.75) is 6.54 Å². The highest BCUT2D eigenvalue weighted by atomic mass is 16.1. The highest BCUT2D eigenvalue weighted by Gasteiger charge is 2.07. The molecule has 26 heavy (non-hydrogen) atoms. The number of allylic oxidation sites excluding steroid dienone is 1. The van der Waals surface area contributed by atoms with Crippen molar-refractivity contribution in [1.29, 1.82) is 0 Å². The normalized spacial score (nSPS) is 12.3. The third kappa shape index (κ3) is 3.49. The standard InChI is InChI=1S/C22H20N2O2/c1-3-14-24-20(16-18-12-8-5-9-13-18)21(25)23(2)19(22(24)26)15-17-10-6-4-7-11-17/h3-13,15-16H,1,14H2,2H3/b19-15-,20-16-. The van der Waals surface area contributed by atoms with Crippen LogP contribution >= 0.6 is 0 Å². The molecule has 4 heteroatoms. The number of aromatic nitrogens is 2. The van der Waals surface area contributed by atoms with Crippen molar-refractivity contribution >= 4 is 12.2 Å². The van der Waals surface area contributed by atoms with Gasteiger partial charge in [-0.05, 0) is 23.3 Å². The molecule has 0 saturated carbocycles. The summed E-state index contributed by atoms with van der Waals surface area (Å²) >= 11 is 0. The van der Waals surface area contributed by atoms with Crippen LogP contribution in [0.3, 0.4) is 0 Å². The molecular weight excluding hydrogens is 324 g/mol. The van der Waals surface area contributed by atoms with Crippen molar-refractivity contribution in [3.05, 3.63) is 116 Å². The van der Waals surface area contributed by atoms with Crippen molar-refractivity contribution in [3.8, 4) is 0 Å². The second-order valence-corrected chi connectivity index (χ2v) is 5.95. The van der Waals surface area contributed by atoms with Gasteiger partial charge in [-0.3, -0.25) is 14.2 Å². The van der Waals surface area contributed by atoms with Gasteiger partial charge < -0.3 is 4.57 Å². The second-order valence-electron chi connectivity index (χ2n) is 5.95. The molecule has 0 bridgehead atoms. The Labute approximate surface area is 151 Å². The van der Waals surface area contributed by atoms with Crippen LogP contribution in [0.1, 0.15) is 11.1 Å². The lowest BCUT2D eigenvalue weighted by Crippen LogP contribution is -2.57. The molecule has 0 radical (unpaired) electrons. The summed E-state index contributed by atoms with van der Waals surface area (Å²) in [5.41, 5.74) is 1.28. The summed E-state index contributed by atoms with van der Waals surface area (Å²) in [6, 6.07) is 19.0. The van der Waals surface area contributed by atoms with E-state index in [2.05, 4.69) is 6.58 Å². The average molecular weight is 344 g/mol. The van der Waals surface area contributed by atoms with Gasteiger partial charge >= 0.3 is 0 Å². The molecule has 0 aliphatic carbocycles. The van der Waals surface area contributed by atoms with E-state index in [0.29, 0.717) is 10.7 Å². The van der Waals surface area contributed by atoms with E-state index < -0.39 is 0 Å². The smallest absolute Gasteiger partial charge is 0.275 e. The molecule has 2 aromatic carbocycles. The Kier molecular flexibility index (Phi) is 5.13. The summed E-state index contributed by atoms with van der Waals surface area (Å²) in [5.74, 6) is 0. The summed E-state index contributed by atoms with van der Waals surface area (Å²) in [4.78, 5) is 26.0. The van der Waals surface area contributed by atoms with Crippen molar-refractivity contribution in [2.75, 3.05) is 0 Å². The van der Waals surface area contributed by atoms with E-state index in [9.17, 15) is 9.59 Å². The van der Waals surface area contributed by atoms with E-state index >= 15 is 0 Å². The van der Waals surface area contributed by atoms with E-state index in [-0.39, 0.29) is 17.7 Å². The minimum atomic E-state index is -0.225. The van der Waals surface area contributed by atoms with Crippen LogP contribution in [0.15, 0.2) is 82.9 Å². The number of hydrogen-bond acceptors (Lipinski definition) is 2. The molecule has 0 spiro atoms. The number of benzene rings is 2. The van der Waals surface area contributed by atoms with Crippen LogP contribution in [-0.2, 0) is 13.6 Å². The zero-order chi connectivity index (χ0) is 18.5. The Balaban J connectivity index is 2.38. The molecule has 1 aromatic heterocycles. The van der Waals surface area contributed by atoms with E-state index in [1.807, 2.05) is 60.7 Å². The maximum atomic E-state index is 13.1. The molecule has 0 fully saturated rings. The van der Waals surface area contributed by atoms with Crippen LogP contribution in [0.4, 0.5) is 0 Å². The Morgan fingerprint density at radius 3 is 1.81 bits per heavy atom. The van der Waals surface area contributed by atoms with Crippen molar-refractivity contribution in [1.82, 2.24) is 9.13 Å². The number of rotatable bonds is 4. The van der Waals surface area contributed by atoms with Crippen LogP contribution in [0.2, 0.25) is 0 Å². The fourth-order valence-corrected chi connectivity index (χ4v) is 2.81. The van der Waals surface area contributed by atoms with E-state index in [4.69, 9.17) is 0 Å². The van der Waals surface area contributed by atoms with Crippen LogP contribution in [-0.4, -0.2) is 9.13 Å². The van der Waals surface area contributed by atoms with Crippen molar-refractivity contribution < 1.29 is 0 Å². The first-order valence-electron chi connectivity index (χ1n) is 8.36. The van der Waals surface area contributed by atoms with Crippen molar-refractivity contribution in [3.63, 3.8) is 0 Å². The van der Waals surface area contributed by atoms with E-state index in [1.165, 1.54) is 9.13 Å². The van der Waals surface area contributed by atoms with Crippen LogP contribution in [0.25, 0.3) is 12.2 Å². The van der Waals surface area contributed by atoms with Gasteiger partial charge in [-0.15, -0.1) is 6.58 Å². The summed E-state index contributed by atoms with van der Waals surface area (Å²) < 4.78 is 2.88. The summed E-state index contributed by atoms with van der Waals surface area (Å²) in [5, 5.41) is 0.682. The average Bonchev–Trinajstić information content (AvgIpc) is 2.68. The molecule has 0 unspecified atom stereocenters. The zero-order valence-electron chi connectivity index (χ0n) is 14.6. The molecule has 3 aromatic rings. The Hall–Kier alpha value is -3.40. The zero-order valence-corrected chi connectivity index (χ0v) is 14.6. The molecule has 130 valence electrons. The molecule has 0 saturated heterocycles. The molecule has 1 heterocycles. The molecule has 0 atom stereocenters. The summed E-state index contributed by atoms with van der Waals surface area (Å²) in [6.07, 6.45) is 5.09. The van der Waals surface area contributed by atoms with Crippen molar-refractivity contribution in [2.24, 2.45) is 7.05 Å². The van der Waals surface area contributed by atoms with Gasteiger partial charge in [0.05, 0.1) is 0 Å². The molecule has 0 aliphatic rings. The van der Waals surface area contributed by atoms with Gasteiger partial charge in [0.2, 0.25) is 0 Å². The largest absolute Gasteiger partial charge is 0.305 e. The lowest BCUT2D eigenvalue weighted by molar-refractivity contribution is 0.663. The molecular formula is C22H20N2O2. The first-order chi connectivity index (χ1) is 12.6. The molecule has 0 amide bonds. The van der Waals surface area contributed by atoms with Gasteiger partial charge in [-0.1, -0.05) is 66.7 Å². The molecule has 0 aliphatic heterocycles. The fraction of sp³-hybridized carbons (Fsp3) is 0.0909. The fourth-order valence-electron chi connectivity index (χ4n) is 2.81.